The van der Waals surface area contributed by atoms with Crippen LogP contribution in [0.5, 0.6) is 0 Å². The summed E-state index contributed by atoms with van der Waals surface area (Å²) in [6, 6.07) is 9.13. The van der Waals surface area contributed by atoms with Crippen LogP contribution in [-0.4, -0.2) is 21.9 Å². The Labute approximate surface area is 122 Å². The van der Waals surface area contributed by atoms with Crippen molar-refractivity contribution in [1.29, 1.82) is 0 Å². The van der Waals surface area contributed by atoms with Gasteiger partial charge in [-0.25, -0.2) is 9.97 Å². The van der Waals surface area contributed by atoms with Crippen LogP contribution in [0.3, 0.4) is 0 Å². The van der Waals surface area contributed by atoms with Gasteiger partial charge in [0.05, 0.1) is 5.56 Å². The molecule has 1 amide bonds. The van der Waals surface area contributed by atoms with Crippen molar-refractivity contribution in [2.45, 2.75) is 19.9 Å². The molecule has 2 aromatic rings. The molecule has 104 valence electrons. The lowest BCUT2D eigenvalue weighted by Gasteiger charge is -2.14. The van der Waals surface area contributed by atoms with E-state index in [0.29, 0.717) is 11.4 Å². The number of carbonyl (C=O) groups excluding carboxylic acids is 1. The summed E-state index contributed by atoms with van der Waals surface area (Å²) >= 11 is 5.69. The third-order valence-corrected chi connectivity index (χ3v) is 2.67. The van der Waals surface area contributed by atoms with E-state index in [1.54, 1.807) is 12.1 Å². The Morgan fingerprint density at radius 3 is 2.70 bits per heavy atom. The van der Waals surface area contributed by atoms with Gasteiger partial charge in [0.15, 0.2) is 0 Å². The van der Waals surface area contributed by atoms with Gasteiger partial charge in [-0.2, -0.15) is 0 Å². The number of rotatable bonds is 4. The number of halogens is 1. The van der Waals surface area contributed by atoms with Gasteiger partial charge in [0.1, 0.15) is 5.82 Å². The molecule has 0 saturated heterocycles. The Balaban J connectivity index is 2.21. The predicted octanol–water partition coefficient (Wildman–Crippen LogP) is 3.20. The van der Waals surface area contributed by atoms with E-state index in [9.17, 15) is 4.79 Å². The Morgan fingerprint density at radius 1 is 1.25 bits per heavy atom. The van der Waals surface area contributed by atoms with Crippen LogP contribution >= 0.6 is 11.6 Å². The fraction of sp³-hybridized carbons (Fsp3) is 0.214. The van der Waals surface area contributed by atoms with Crippen LogP contribution in [0.4, 0.5) is 11.5 Å². The maximum Gasteiger partial charge on any atom is 0.258 e. The number of carbonyl (C=O) groups is 1. The Kier molecular flexibility index (Phi) is 4.53. The van der Waals surface area contributed by atoms with Crippen molar-refractivity contribution in [2.75, 3.05) is 10.6 Å². The molecule has 2 rings (SSSR count). The normalized spacial score (nSPS) is 10.4. The van der Waals surface area contributed by atoms with E-state index in [1.165, 1.54) is 6.20 Å². The molecular formula is C14H15ClN4O. The summed E-state index contributed by atoms with van der Waals surface area (Å²) in [5.41, 5.74) is 1.33. The zero-order chi connectivity index (χ0) is 14.5. The van der Waals surface area contributed by atoms with Crippen molar-refractivity contribution in [3.8, 4) is 0 Å². The van der Waals surface area contributed by atoms with E-state index in [4.69, 9.17) is 11.6 Å². The monoisotopic (exact) mass is 290 g/mol. The quantitative estimate of drug-likeness (QED) is 0.849. The zero-order valence-corrected chi connectivity index (χ0v) is 12.0. The topological polar surface area (TPSA) is 66.9 Å². The number of amides is 1. The molecule has 2 N–H and O–H groups in total. The van der Waals surface area contributed by atoms with Gasteiger partial charge < -0.3 is 10.6 Å². The molecule has 0 bridgehead atoms. The van der Waals surface area contributed by atoms with Crippen LogP contribution in [0.15, 0.2) is 36.5 Å². The molecule has 6 heteroatoms. The van der Waals surface area contributed by atoms with Crippen molar-refractivity contribution in [1.82, 2.24) is 9.97 Å². The van der Waals surface area contributed by atoms with Crippen LogP contribution in [0.1, 0.15) is 24.2 Å². The molecule has 0 unspecified atom stereocenters. The first-order chi connectivity index (χ1) is 9.56. The first-order valence-electron chi connectivity index (χ1n) is 6.21. The largest absolute Gasteiger partial charge is 0.382 e. The highest BCUT2D eigenvalue weighted by molar-refractivity contribution is 6.28. The highest BCUT2D eigenvalue weighted by atomic mass is 35.5. The lowest BCUT2D eigenvalue weighted by Crippen LogP contribution is -2.18. The number of hydrogen-bond donors (Lipinski definition) is 2. The summed E-state index contributed by atoms with van der Waals surface area (Å²) in [6.07, 6.45) is 1.49. The first kappa shape index (κ1) is 14.3. The van der Waals surface area contributed by atoms with Gasteiger partial charge in [0.2, 0.25) is 5.28 Å². The van der Waals surface area contributed by atoms with Crippen molar-refractivity contribution < 1.29 is 4.79 Å². The Bertz CT molecular complexity index is 616. The third-order valence-electron chi connectivity index (χ3n) is 2.48. The maximum atomic E-state index is 12.3. The molecule has 0 spiro atoms. The van der Waals surface area contributed by atoms with Gasteiger partial charge in [-0.3, -0.25) is 4.79 Å². The lowest BCUT2D eigenvalue weighted by molar-refractivity contribution is 0.102. The fourth-order valence-electron chi connectivity index (χ4n) is 1.71. The molecule has 1 heterocycles. The molecule has 1 aromatic carbocycles. The van der Waals surface area contributed by atoms with Gasteiger partial charge in [-0.05, 0) is 43.6 Å². The minimum atomic E-state index is -0.247. The number of para-hydroxylation sites is 1. The number of hydrogen-bond acceptors (Lipinski definition) is 4. The van der Waals surface area contributed by atoms with E-state index in [-0.39, 0.29) is 17.2 Å². The van der Waals surface area contributed by atoms with E-state index < -0.39 is 0 Å². The van der Waals surface area contributed by atoms with E-state index in [0.717, 1.165) is 5.69 Å². The summed E-state index contributed by atoms with van der Waals surface area (Å²) in [5.74, 6) is 0.123. The smallest absolute Gasteiger partial charge is 0.258 e. The van der Waals surface area contributed by atoms with Crippen molar-refractivity contribution >= 4 is 29.0 Å². The molecule has 0 radical (unpaired) electrons. The summed E-state index contributed by atoms with van der Waals surface area (Å²) in [5, 5.41) is 6.02. The van der Waals surface area contributed by atoms with Crippen molar-refractivity contribution in [2.24, 2.45) is 0 Å². The summed E-state index contributed by atoms with van der Waals surface area (Å²) in [4.78, 5) is 20.0. The zero-order valence-electron chi connectivity index (χ0n) is 11.2. The van der Waals surface area contributed by atoms with Gasteiger partial charge >= 0.3 is 0 Å². The summed E-state index contributed by atoms with van der Waals surface area (Å²) in [7, 11) is 0. The molecule has 1 aromatic heterocycles. The molecule has 0 fully saturated rings. The molecule has 0 saturated carbocycles. The van der Waals surface area contributed by atoms with Crippen LogP contribution in [0, 0.1) is 0 Å². The van der Waals surface area contributed by atoms with Crippen LogP contribution in [0.25, 0.3) is 0 Å². The number of aromatic nitrogens is 2. The second kappa shape index (κ2) is 6.34. The van der Waals surface area contributed by atoms with E-state index >= 15 is 0 Å². The second-order valence-corrected chi connectivity index (χ2v) is 4.85. The van der Waals surface area contributed by atoms with Gasteiger partial charge in [0.25, 0.3) is 5.91 Å². The fourth-order valence-corrected chi connectivity index (χ4v) is 1.85. The molecule has 0 aliphatic carbocycles. The van der Waals surface area contributed by atoms with Gasteiger partial charge in [-0.15, -0.1) is 0 Å². The second-order valence-electron chi connectivity index (χ2n) is 4.51. The lowest BCUT2D eigenvalue weighted by atomic mass is 10.1. The molecule has 0 aliphatic rings. The molecular weight excluding hydrogens is 276 g/mol. The molecule has 20 heavy (non-hydrogen) atoms. The highest BCUT2D eigenvalue weighted by Crippen LogP contribution is 2.17. The number of anilines is 2. The Hall–Kier alpha value is -2.14. The summed E-state index contributed by atoms with van der Waals surface area (Å²) in [6.45, 7) is 4.03. The van der Waals surface area contributed by atoms with Crippen LogP contribution in [-0.2, 0) is 0 Å². The van der Waals surface area contributed by atoms with E-state index in [1.807, 2.05) is 32.0 Å². The highest BCUT2D eigenvalue weighted by Gasteiger charge is 2.12. The van der Waals surface area contributed by atoms with Crippen molar-refractivity contribution in [3.05, 3.63) is 47.4 Å². The van der Waals surface area contributed by atoms with Crippen LogP contribution < -0.4 is 10.6 Å². The first-order valence-corrected chi connectivity index (χ1v) is 6.59. The average Bonchev–Trinajstić information content (AvgIpc) is 2.38. The Morgan fingerprint density at radius 2 is 2.00 bits per heavy atom. The predicted molar refractivity (Wildman–Crippen MR) is 80.2 cm³/mol. The van der Waals surface area contributed by atoms with E-state index in [2.05, 4.69) is 20.6 Å². The molecule has 0 aliphatic heterocycles. The maximum absolute atomic E-state index is 12.3. The number of benzene rings is 1. The minimum absolute atomic E-state index is 0.0939. The van der Waals surface area contributed by atoms with Gasteiger partial charge in [0, 0.05) is 17.9 Å². The minimum Gasteiger partial charge on any atom is -0.382 e. The van der Waals surface area contributed by atoms with Gasteiger partial charge in [-0.1, -0.05) is 12.1 Å². The van der Waals surface area contributed by atoms with Crippen molar-refractivity contribution in [3.63, 3.8) is 0 Å². The molecule has 0 atom stereocenters. The molecule has 5 nitrogen and oxygen atoms in total. The average molecular weight is 291 g/mol. The third kappa shape index (κ3) is 3.68. The number of nitrogens with zero attached hydrogens (tertiary/aromatic N) is 2. The van der Waals surface area contributed by atoms with Crippen LogP contribution in [0.2, 0.25) is 5.28 Å². The standard InChI is InChI=1S/C14H15ClN4O/c1-9(2)17-11-6-4-3-5-10(11)13(20)18-12-7-8-16-14(15)19-12/h3-9,17H,1-2H3,(H,16,18,19,20). The number of nitrogens with one attached hydrogen (secondary N) is 2. The summed E-state index contributed by atoms with van der Waals surface area (Å²) < 4.78 is 0. The SMILES string of the molecule is CC(C)Nc1ccccc1C(=O)Nc1ccnc(Cl)n1.